The van der Waals surface area contributed by atoms with E-state index < -0.39 is 11.6 Å². The van der Waals surface area contributed by atoms with Crippen LogP contribution in [0.2, 0.25) is 0 Å². The van der Waals surface area contributed by atoms with E-state index in [2.05, 4.69) is 20.5 Å². The standard InChI is InChI=1S/C14H15FN4O/c1-9(2)10-5-11(14(20)12(15)6-10)7-18-19-13-8-16-3-4-17-13/h3-9,20H,1-2H3,(H,17,19)/b18-7+. The number of nitrogens with one attached hydrogen (secondary N) is 1. The summed E-state index contributed by atoms with van der Waals surface area (Å²) in [5.74, 6) is -0.454. The van der Waals surface area contributed by atoms with Gasteiger partial charge in [0.1, 0.15) is 0 Å². The molecule has 0 saturated carbocycles. The van der Waals surface area contributed by atoms with E-state index in [0.29, 0.717) is 11.4 Å². The molecule has 104 valence electrons. The lowest BCUT2D eigenvalue weighted by atomic mass is 10.0. The fraction of sp³-hybridized carbons (Fsp3) is 0.214. The van der Waals surface area contributed by atoms with Gasteiger partial charge in [-0.3, -0.25) is 10.4 Å². The third kappa shape index (κ3) is 3.28. The Morgan fingerprint density at radius 1 is 1.35 bits per heavy atom. The Labute approximate surface area is 116 Å². The van der Waals surface area contributed by atoms with E-state index in [1.165, 1.54) is 24.7 Å². The van der Waals surface area contributed by atoms with Crippen molar-refractivity contribution in [3.63, 3.8) is 0 Å². The highest BCUT2D eigenvalue weighted by Gasteiger charge is 2.10. The van der Waals surface area contributed by atoms with Crippen LogP contribution in [0.3, 0.4) is 0 Å². The average molecular weight is 274 g/mol. The van der Waals surface area contributed by atoms with Crippen LogP contribution in [0.1, 0.15) is 30.9 Å². The van der Waals surface area contributed by atoms with Crippen molar-refractivity contribution < 1.29 is 9.50 Å². The van der Waals surface area contributed by atoms with Crippen LogP contribution in [0.4, 0.5) is 10.2 Å². The molecule has 20 heavy (non-hydrogen) atoms. The van der Waals surface area contributed by atoms with Gasteiger partial charge in [-0.15, -0.1) is 0 Å². The van der Waals surface area contributed by atoms with E-state index >= 15 is 0 Å². The molecule has 6 heteroatoms. The number of hydrogen-bond acceptors (Lipinski definition) is 5. The number of aromatic nitrogens is 2. The summed E-state index contributed by atoms with van der Waals surface area (Å²) in [6.45, 7) is 3.90. The van der Waals surface area contributed by atoms with E-state index in [9.17, 15) is 9.50 Å². The first-order valence-electron chi connectivity index (χ1n) is 6.15. The summed E-state index contributed by atoms with van der Waals surface area (Å²) < 4.78 is 13.6. The van der Waals surface area contributed by atoms with Gasteiger partial charge in [0.05, 0.1) is 12.4 Å². The van der Waals surface area contributed by atoms with Gasteiger partial charge in [0, 0.05) is 18.0 Å². The Hall–Kier alpha value is -2.50. The van der Waals surface area contributed by atoms with E-state index in [4.69, 9.17) is 0 Å². The maximum absolute atomic E-state index is 13.6. The molecule has 2 rings (SSSR count). The van der Waals surface area contributed by atoms with Gasteiger partial charge in [-0.25, -0.2) is 9.37 Å². The number of nitrogens with zero attached hydrogens (tertiary/aromatic N) is 3. The van der Waals surface area contributed by atoms with Gasteiger partial charge in [0.15, 0.2) is 17.4 Å². The maximum atomic E-state index is 13.6. The van der Waals surface area contributed by atoms with Gasteiger partial charge in [-0.1, -0.05) is 13.8 Å². The second-order valence-corrected chi connectivity index (χ2v) is 4.56. The molecule has 0 unspecified atom stereocenters. The van der Waals surface area contributed by atoms with E-state index in [-0.39, 0.29) is 5.92 Å². The molecule has 2 N–H and O–H groups in total. The molecule has 0 atom stereocenters. The molecule has 0 spiro atoms. The van der Waals surface area contributed by atoms with Crippen LogP contribution in [0.5, 0.6) is 5.75 Å². The molecule has 0 aliphatic carbocycles. The smallest absolute Gasteiger partial charge is 0.165 e. The lowest BCUT2D eigenvalue weighted by molar-refractivity contribution is 0.430. The number of anilines is 1. The van der Waals surface area contributed by atoms with Gasteiger partial charge in [0.25, 0.3) is 0 Å². The van der Waals surface area contributed by atoms with Crippen molar-refractivity contribution in [3.05, 3.63) is 47.7 Å². The summed E-state index contributed by atoms with van der Waals surface area (Å²) >= 11 is 0. The van der Waals surface area contributed by atoms with Gasteiger partial charge >= 0.3 is 0 Å². The van der Waals surface area contributed by atoms with Gasteiger partial charge in [-0.2, -0.15) is 5.10 Å². The second kappa shape index (κ2) is 6.10. The van der Waals surface area contributed by atoms with E-state index in [1.807, 2.05) is 13.8 Å². The maximum Gasteiger partial charge on any atom is 0.165 e. The zero-order valence-electron chi connectivity index (χ0n) is 11.2. The molecule has 0 aliphatic rings. The third-order valence-corrected chi connectivity index (χ3v) is 2.73. The quantitative estimate of drug-likeness (QED) is 0.664. The minimum Gasteiger partial charge on any atom is -0.504 e. The monoisotopic (exact) mass is 274 g/mol. The molecule has 0 amide bonds. The number of phenols is 1. The summed E-state index contributed by atoms with van der Waals surface area (Å²) in [4.78, 5) is 7.84. The van der Waals surface area contributed by atoms with Crippen LogP contribution >= 0.6 is 0 Å². The van der Waals surface area contributed by atoms with Crippen molar-refractivity contribution in [3.8, 4) is 5.75 Å². The molecule has 0 aliphatic heterocycles. The van der Waals surface area contributed by atoms with Crippen molar-refractivity contribution in [2.75, 3.05) is 5.43 Å². The van der Waals surface area contributed by atoms with E-state index in [0.717, 1.165) is 5.56 Å². The highest BCUT2D eigenvalue weighted by Crippen LogP contribution is 2.25. The van der Waals surface area contributed by atoms with Crippen molar-refractivity contribution >= 4 is 12.0 Å². The molecule has 5 nitrogen and oxygen atoms in total. The number of phenolic OH excluding ortho intramolecular Hbond substituents is 1. The number of hydrazone groups is 1. The predicted molar refractivity (Wildman–Crippen MR) is 75.4 cm³/mol. The number of benzene rings is 1. The molecule has 1 aromatic heterocycles. The largest absolute Gasteiger partial charge is 0.504 e. The molecule has 0 bridgehead atoms. The first-order valence-corrected chi connectivity index (χ1v) is 6.15. The Morgan fingerprint density at radius 2 is 2.15 bits per heavy atom. The fourth-order valence-corrected chi connectivity index (χ4v) is 1.60. The fourth-order valence-electron chi connectivity index (χ4n) is 1.60. The number of hydrogen-bond donors (Lipinski definition) is 2. The van der Waals surface area contributed by atoms with Gasteiger partial charge in [0.2, 0.25) is 0 Å². The Bertz CT molecular complexity index is 614. The number of rotatable bonds is 4. The Kier molecular flexibility index (Phi) is 4.24. The van der Waals surface area contributed by atoms with Crippen LogP contribution in [-0.2, 0) is 0 Å². The summed E-state index contributed by atoms with van der Waals surface area (Å²) in [7, 11) is 0. The molecule has 0 saturated heterocycles. The summed E-state index contributed by atoms with van der Waals surface area (Å²) in [6.07, 6.45) is 5.91. The summed E-state index contributed by atoms with van der Waals surface area (Å²) in [6, 6.07) is 3.03. The van der Waals surface area contributed by atoms with Gasteiger partial charge < -0.3 is 5.11 Å². The van der Waals surface area contributed by atoms with Crippen LogP contribution in [0, 0.1) is 5.82 Å². The van der Waals surface area contributed by atoms with Crippen molar-refractivity contribution in [1.29, 1.82) is 0 Å². The average Bonchev–Trinajstić information content (AvgIpc) is 2.44. The molecule has 1 aromatic carbocycles. The summed E-state index contributed by atoms with van der Waals surface area (Å²) in [5, 5.41) is 13.6. The molecule has 0 fully saturated rings. The van der Waals surface area contributed by atoms with Crippen LogP contribution in [0.25, 0.3) is 0 Å². The molecular formula is C14H15FN4O. The molecular weight excluding hydrogens is 259 g/mol. The Balaban J connectivity index is 2.20. The SMILES string of the molecule is CC(C)c1cc(F)c(O)c(/C=N/Nc2cnccn2)c1. The second-order valence-electron chi connectivity index (χ2n) is 4.56. The van der Waals surface area contributed by atoms with Crippen LogP contribution in [-0.4, -0.2) is 21.3 Å². The normalized spacial score (nSPS) is 11.2. The Morgan fingerprint density at radius 3 is 2.80 bits per heavy atom. The summed E-state index contributed by atoms with van der Waals surface area (Å²) in [5.41, 5.74) is 3.75. The van der Waals surface area contributed by atoms with Crippen molar-refractivity contribution in [2.45, 2.75) is 19.8 Å². The first-order chi connectivity index (χ1) is 9.58. The van der Waals surface area contributed by atoms with Crippen LogP contribution < -0.4 is 5.43 Å². The highest BCUT2D eigenvalue weighted by atomic mass is 19.1. The van der Waals surface area contributed by atoms with E-state index in [1.54, 1.807) is 12.3 Å². The molecule has 0 radical (unpaired) electrons. The number of halogens is 1. The lowest BCUT2D eigenvalue weighted by Crippen LogP contribution is -1.97. The third-order valence-electron chi connectivity index (χ3n) is 2.73. The number of aromatic hydroxyl groups is 1. The molecule has 1 heterocycles. The van der Waals surface area contributed by atoms with Gasteiger partial charge in [-0.05, 0) is 23.6 Å². The minimum absolute atomic E-state index is 0.158. The molecule has 2 aromatic rings. The zero-order chi connectivity index (χ0) is 14.5. The topological polar surface area (TPSA) is 70.4 Å². The predicted octanol–water partition coefficient (Wildman–Crippen LogP) is 2.89. The van der Waals surface area contributed by atoms with Crippen LogP contribution in [0.15, 0.2) is 35.8 Å². The van der Waals surface area contributed by atoms with Crippen molar-refractivity contribution in [1.82, 2.24) is 9.97 Å². The minimum atomic E-state index is -0.655. The zero-order valence-corrected chi connectivity index (χ0v) is 11.2. The van der Waals surface area contributed by atoms with Crippen molar-refractivity contribution in [2.24, 2.45) is 5.10 Å². The lowest BCUT2D eigenvalue weighted by Gasteiger charge is -2.08. The first kappa shape index (κ1) is 13.9. The highest BCUT2D eigenvalue weighted by molar-refractivity contribution is 5.84.